The molecule has 0 saturated carbocycles. The highest BCUT2D eigenvalue weighted by Crippen LogP contribution is 2.37. The average molecular weight is 265 g/mol. The molecule has 0 spiro atoms. The van der Waals surface area contributed by atoms with Gasteiger partial charge in [-0.2, -0.15) is 0 Å². The molecule has 1 rings (SSSR count). The van der Waals surface area contributed by atoms with E-state index in [1.165, 1.54) is 0 Å². The van der Waals surface area contributed by atoms with Crippen molar-refractivity contribution in [1.82, 2.24) is 0 Å². The number of hydrogen-bond acceptors (Lipinski definition) is 3. The minimum Gasteiger partial charge on any atom is -0.382 e. The molecular formula is C13H27O3P. The standard InChI is InChI=1S/C13H27O3P/c1-9-10(2)12(7-14-4)16-13(11(9)3)8-15-17(5)6/h9-13H,7-8H2,1-6H3/t9-,10-,11+,12-,13+/m1/s1/i4TD/t4?,9-,10-,11+,12-,13+. The van der Waals surface area contributed by atoms with Crippen molar-refractivity contribution in [3.63, 3.8) is 0 Å². The van der Waals surface area contributed by atoms with Gasteiger partial charge in [0.1, 0.15) is 0 Å². The topological polar surface area (TPSA) is 27.7 Å². The van der Waals surface area contributed by atoms with Gasteiger partial charge in [-0.1, -0.05) is 20.8 Å². The van der Waals surface area contributed by atoms with Crippen LogP contribution < -0.4 is 0 Å². The molecule has 0 aliphatic carbocycles. The molecule has 0 N–H and O–H groups in total. The molecule has 6 atom stereocenters. The van der Waals surface area contributed by atoms with Gasteiger partial charge in [0.25, 0.3) is 0 Å². The van der Waals surface area contributed by atoms with Crippen molar-refractivity contribution in [3.05, 3.63) is 0 Å². The second-order valence-electron chi connectivity index (χ2n) is 5.23. The number of methoxy groups -OCH3 is 1. The lowest BCUT2D eigenvalue weighted by atomic mass is 9.77. The monoisotopic (exact) mass is 265 g/mol. The van der Waals surface area contributed by atoms with Crippen LogP contribution in [0, 0.1) is 17.8 Å². The summed E-state index contributed by atoms with van der Waals surface area (Å²) in [6.45, 7) is 11.7. The zero-order valence-corrected chi connectivity index (χ0v) is 12.4. The van der Waals surface area contributed by atoms with Crippen LogP contribution in [0.5, 0.6) is 0 Å². The normalized spacial score (nSPS) is 42.1. The lowest BCUT2D eigenvalue weighted by Gasteiger charge is -2.43. The molecule has 3 nitrogen and oxygen atoms in total. The van der Waals surface area contributed by atoms with Crippen LogP contribution in [0.3, 0.4) is 0 Å². The van der Waals surface area contributed by atoms with E-state index in [9.17, 15) is 0 Å². The molecule has 17 heavy (non-hydrogen) atoms. The molecule has 0 radical (unpaired) electrons. The van der Waals surface area contributed by atoms with E-state index in [-0.39, 0.29) is 20.4 Å². The van der Waals surface area contributed by atoms with Crippen LogP contribution in [-0.2, 0) is 14.0 Å². The molecular weight excluding hydrogens is 235 g/mol. The van der Waals surface area contributed by atoms with Gasteiger partial charge >= 0.3 is 0 Å². The van der Waals surface area contributed by atoms with E-state index in [0.29, 0.717) is 31.0 Å². The molecule has 0 aromatic carbocycles. The molecule has 102 valence electrons. The van der Waals surface area contributed by atoms with Gasteiger partial charge in [-0.15, -0.1) is 0 Å². The third-order valence-corrected chi connectivity index (χ3v) is 4.60. The maximum atomic E-state index is 7.11. The first-order valence-electron chi connectivity index (χ1n) is 7.40. The maximum Gasteiger partial charge on any atom is 0.0845 e. The first kappa shape index (κ1) is 12.3. The van der Waals surface area contributed by atoms with Crippen molar-refractivity contribution in [2.75, 3.05) is 33.6 Å². The molecule has 1 aliphatic heterocycles. The van der Waals surface area contributed by atoms with Crippen molar-refractivity contribution in [2.45, 2.75) is 33.0 Å². The Morgan fingerprint density at radius 3 is 2.29 bits per heavy atom. The molecule has 1 saturated heterocycles. The largest absolute Gasteiger partial charge is 0.382 e. The Bertz CT molecular complexity index is 242. The molecule has 0 aromatic rings. The highest BCUT2D eigenvalue weighted by atomic mass is 31.1. The summed E-state index contributed by atoms with van der Waals surface area (Å²) in [6.07, 6.45) is 0.0394. The summed E-state index contributed by atoms with van der Waals surface area (Å²) < 4.78 is 31.1. The zero-order chi connectivity index (χ0) is 14.6. The summed E-state index contributed by atoms with van der Waals surface area (Å²) in [5, 5.41) is 0. The quantitative estimate of drug-likeness (QED) is 0.715. The fourth-order valence-electron chi connectivity index (χ4n) is 2.33. The zero-order valence-electron chi connectivity index (χ0n) is 13.6. The Morgan fingerprint density at radius 1 is 1.18 bits per heavy atom. The molecule has 0 amide bonds. The molecule has 1 aliphatic rings. The minimum atomic E-state index is -1.24. The first-order valence-corrected chi connectivity index (χ1v) is 8.40. The summed E-state index contributed by atoms with van der Waals surface area (Å²) in [6, 6.07) is 0. The van der Waals surface area contributed by atoms with Crippen LogP contribution in [0.25, 0.3) is 0 Å². The highest BCUT2D eigenvalue weighted by Gasteiger charge is 2.38. The number of rotatable bonds is 5. The minimum absolute atomic E-state index is 0.0436. The predicted octanol–water partition coefficient (Wildman–Crippen LogP) is 2.98. The van der Waals surface area contributed by atoms with Crippen molar-refractivity contribution in [2.24, 2.45) is 17.8 Å². The number of ether oxygens (including phenoxy) is 2. The second kappa shape index (κ2) is 7.04. The smallest absolute Gasteiger partial charge is 0.0845 e. The molecule has 1 fully saturated rings. The summed E-state index contributed by atoms with van der Waals surface area (Å²) in [5.74, 6) is 1.34. The Labute approximate surface area is 110 Å². The van der Waals surface area contributed by atoms with Gasteiger partial charge in [-0.05, 0) is 31.1 Å². The van der Waals surface area contributed by atoms with Crippen LogP contribution in [0.1, 0.15) is 23.5 Å². The van der Waals surface area contributed by atoms with Gasteiger partial charge < -0.3 is 14.0 Å². The van der Waals surface area contributed by atoms with Crippen LogP contribution >= 0.6 is 8.15 Å². The summed E-state index contributed by atoms with van der Waals surface area (Å²) in [5.41, 5.74) is 0. The summed E-state index contributed by atoms with van der Waals surface area (Å²) in [7, 11) is -1.61. The van der Waals surface area contributed by atoms with Crippen molar-refractivity contribution < 1.29 is 16.7 Å². The Hall–Kier alpha value is 0.310. The third kappa shape index (κ3) is 4.17. The van der Waals surface area contributed by atoms with Gasteiger partial charge in [-0.3, -0.25) is 0 Å². The average Bonchev–Trinajstić information content (AvgIpc) is 2.33. The Morgan fingerprint density at radius 2 is 1.76 bits per heavy atom. The highest BCUT2D eigenvalue weighted by molar-refractivity contribution is 7.50. The molecule has 1 unspecified atom stereocenters. The van der Waals surface area contributed by atoms with E-state index in [0.717, 1.165) is 0 Å². The van der Waals surface area contributed by atoms with Gasteiger partial charge in [0.15, 0.2) is 0 Å². The third-order valence-electron chi connectivity index (χ3n) is 3.94. The van der Waals surface area contributed by atoms with Crippen molar-refractivity contribution in [1.29, 1.82) is 0 Å². The van der Waals surface area contributed by atoms with Gasteiger partial charge in [0.05, 0.1) is 28.2 Å². The van der Waals surface area contributed by atoms with Crippen molar-refractivity contribution in [3.8, 4) is 0 Å². The van der Waals surface area contributed by atoms with Gasteiger partial charge in [0.2, 0.25) is 0 Å². The lowest BCUT2D eigenvalue weighted by Crippen LogP contribution is -2.48. The lowest BCUT2D eigenvalue weighted by molar-refractivity contribution is -0.160. The van der Waals surface area contributed by atoms with E-state index >= 15 is 0 Å². The fraction of sp³-hybridized carbons (Fsp3) is 1.00. The molecule has 0 bridgehead atoms. The van der Waals surface area contributed by atoms with Gasteiger partial charge in [-0.25, -0.2) is 0 Å². The van der Waals surface area contributed by atoms with Crippen LogP contribution in [-0.4, -0.2) is 45.8 Å². The van der Waals surface area contributed by atoms with Crippen LogP contribution in [0.2, 0.25) is 0 Å². The molecule has 4 heteroatoms. The Kier molecular flexibility index (Phi) is 5.11. The van der Waals surface area contributed by atoms with E-state index < -0.39 is 7.06 Å². The van der Waals surface area contributed by atoms with Crippen LogP contribution in [0.15, 0.2) is 0 Å². The van der Waals surface area contributed by atoms with E-state index in [4.69, 9.17) is 16.7 Å². The van der Waals surface area contributed by atoms with Gasteiger partial charge in [0, 0.05) is 15.2 Å². The molecule has 1 heterocycles. The van der Waals surface area contributed by atoms with Crippen molar-refractivity contribution >= 4 is 8.15 Å². The van der Waals surface area contributed by atoms with E-state index in [1.807, 2.05) is 0 Å². The second-order valence-corrected chi connectivity index (χ2v) is 7.11. The molecule has 0 aromatic heterocycles. The number of hydrogen-bond donors (Lipinski definition) is 0. The first-order chi connectivity index (χ1) is 8.82. The fourth-order valence-corrected chi connectivity index (χ4v) is 2.77. The van der Waals surface area contributed by atoms with E-state index in [2.05, 4.69) is 34.1 Å². The summed E-state index contributed by atoms with van der Waals surface area (Å²) >= 11 is 0. The van der Waals surface area contributed by atoms with E-state index in [1.54, 1.807) is 0 Å². The van der Waals surface area contributed by atoms with Crippen LogP contribution in [0.4, 0.5) is 0 Å². The predicted molar refractivity (Wildman–Crippen MR) is 72.7 cm³/mol. The maximum absolute atomic E-state index is 7.11. The Balaban J connectivity index is 2.57. The SMILES string of the molecule is [2H]C([3H])OC[C@H]1O[C@@H](COP(C)C)[C@@H](C)[C@H](C)[C@H]1C. The summed E-state index contributed by atoms with van der Waals surface area (Å²) in [4.78, 5) is 0.